The van der Waals surface area contributed by atoms with E-state index in [2.05, 4.69) is 5.16 Å². The standard InChI is InChI=1S/C6H12N2O2/c7-6(8-9)5-3-1-2-4-10-5/h5,9H,1-4H2,(H2,7,8). The van der Waals surface area contributed by atoms with Crippen molar-refractivity contribution in [3.8, 4) is 0 Å². The molecule has 3 N–H and O–H groups in total. The van der Waals surface area contributed by atoms with Gasteiger partial charge in [-0.3, -0.25) is 0 Å². The van der Waals surface area contributed by atoms with Crippen LogP contribution in [0.1, 0.15) is 19.3 Å². The van der Waals surface area contributed by atoms with E-state index in [1.807, 2.05) is 0 Å². The van der Waals surface area contributed by atoms with Crippen molar-refractivity contribution in [2.24, 2.45) is 10.9 Å². The lowest BCUT2D eigenvalue weighted by atomic mass is 10.1. The molecule has 0 radical (unpaired) electrons. The van der Waals surface area contributed by atoms with E-state index in [4.69, 9.17) is 15.7 Å². The number of nitrogens with two attached hydrogens (primary N) is 1. The number of rotatable bonds is 1. The minimum absolute atomic E-state index is 0.154. The highest BCUT2D eigenvalue weighted by molar-refractivity contribution is 5.84. The van der Waals surface area contributed by atoms with Gasteiger partial charge < -0.3 is 15.7 Å². The molecule has 1 aliphatic heterocycles. The first-order chi connectivity index (χ1) is 4.84. The molecule has 0 bridgehead atoms. The molecule has 0 aromatic heterocycles. The zero-order valence-electron chi connectivity index (χ0n) is 5.79. The summed E-state index contributed by atoms with van der Waals surface area (Å²) in [7, 11) is 0. The molecule has 1 atom stereocenters. The molecule has 4 nitrogen and oxygen atoms in total. The van der Waals surface area contributed by atoms with Crippen LogP contribution in [0.4, 0.5) is 0 Å². The van der Waals surface area contributed by atoms with Gasteiger partial charge >= 0.3 is 0 Å². The van der Waals surface area contributed by atoms with Crippen LogP contribution < -0.4 is 5.73 Å². The van der Waals surface area contributed by atoms with Crippen molar-refractivity contribution in [1.82, 2.24) is 0 Å². The van der Waals surface area contributed by atoms with Gasteiger partial charge in [0.2, 0.25) is 0 Å². The summed E-state index contributed by atoms with van der Waals surface area (Å²) in [6.45, 7) is 0.723. The van der Waals surface area contributed by atoms with Crippen molar-refractivity contribution in [2.45, 2.75) is 25.4 Å². The molecule has 1 aliphatic rings. The number of nitrogens with zero attached hydrogens (tertiary/aromatic N) is 1. The van der Waals surface area contributed by atoms with Gasteiger partial charge in [-0.1, -0.05) is 5.16 Å². The highest BCUT2D eigenvalue weighted by atomic mass is 16.5. The maximum Gasteiger partial charge on any atom is 0.168 e. The van der Waals surface area contributed by atoms with E-state index in [9.17, 15) is 0 Å². The van der Waals surface area contributed by atoms with E-state index in [0.29, 0.717) is 0 Å². The maximum absolute atomic E-state index is 8.27. The Morgan fingerprint density at radius 2 is 2.40 bits per heavy atom. The Morgan fingerprint density at radius 1 is 1.60 bits per heavy atom. The zero-order chi connectivity index (χ0) is 7.40. The molecule has 1 rings (SSSR count). The van der Waals surface area contributed by atoms with E-state index in [1.54, 1.807) is 0 Å². The fraction of sp³-hybridized carbons (Fsp3) is 0.833. The molecule has 0 aliphatic carbocycles. The van der Waals surface area contributed by atoms with Crippen molar-refractivity contribution in [3.05, 3.63) is 0 Å². The van der Waals surface area contributed by atoms with Gasteiger partial charge in [-0.05, 0) is 19.3 Å². The minimum Gasteiger partial charge on any atom is -0.409 e. The summed E-state index contributed by atoms with van der Waals surface area (Å²) in [6.07, 6.45) is 2.89. The van der Waals surface area contributed by atoms with E-state index in [0.717, 1.165) is 25.9 Å². The fourth-order valence-electron chi connectivity index (χ4n) is 1.04. The third-order valence-corrected chi connectivity index (χ3v) is 1.63. The average Bonchev–Trinajstić information content (AvgIpc) is 2.05. The van der Waals surface area contributed by atoms with Crippen molar-refractivity contribution >= 4 is 5.84 Å². The van der Waals surface area contributed by atoms with Gasteiger partial charge in [0.1, 0.15) is 6.10 Å². The molecule has 1 fully saturated rings. The predicted octanol–water partition coefficient (Wildman–Crippen LogP) is 0.302. The Morgan fingerprint density at radius 3 is 2.90 bits per heavy atom. The van der Waals surface area contributed by atoms with Gasteiger partial charge in [0.05, 0.1) is 0 Å². The van der Waals surface area contributed by atoms with Crippen LogP contribution in [-0.2, 0) is 4.74 Å². The predicted molar refractivity (Wildman–Crippen MR) is 37.0 cm³/mol. The van der Waals surface area contributed by atoms with Gasteiger partial charge in [-0.15, -0.1) is 0 Å². The van der Waals surface area contributed by atoms with E-state index in [-0.39, 0.29) is 11.9 Å². The minimum atomic E-state index is -0.154. The SMILES string of the molecule is N/C(=N/O)C1CCCCO1. The summed E-state index contributed by atoms with van der Waals surface area (Å²) in [5.74, 6) is 0.194. The molecule has 0 spiro atoms. The number of ether oxygens (including phenoxy) is 1. The Labute approximate surface area is 59.7 Å². The van der Waals surface area contributed by atoms with Gasteiger partial charge in [0.15, 0.2) is 5.84 Å². The number of hydrogen-bond donors (Lipinski definition) is 2. The molecule has 0 aromatic rings. The fourth-order valence-corrected chi connectivity index (χ4v) is 1.04. The number of amidine groups is 1. The first-order valence-corrected chi connectivity index (χ1v) is 3.43. The zero-order valence-corrected chi connectivity index (χ0v) is 5.79. The molecule has 58 valence electrons. The van der Waals surface area contributed by atoms with Crippen LogP contribution >= 0.6 is 0 Å². The lowest BCUT2D eigenvalue weighted by Crippen LogP contribution is -2.34. The largest absolute Gasteiger partial charge is 0.409 e. The highest BCUT2D eigenvalue weighted by Gasteiger charge is 2.17. The number of hydrogen-bond acceptors (Lipinski definition) is 3. The molecule has 4 heteroatoms. The molecule has 1 saturated heterocycles. The Kier molecular flexibility index (Phi) is 2.50. The summed E-state index contributed by atoms with van der Waals surface area (Å²) in [5, 5.41) is 11.2. The van der Waals surface area contributed by atoms with Crippen LogP contribution in [0.25, 0.3) is 0 Å². The van der Waals surface area contributed by atoms with Crippen LogP contribution in [0.15, 0.2) is 5.16 Å². The molecule has 1 unspecified atom stereocenters. The summed E-state index contributed by atoms with van der Waals surface area (Å²) >= 11 is 0. The quantitative estimate of drug-likeness (QED) is 0.241. The van der Waals surface area contributed by atoms with E-state index in [1.165, 1.54) is 0 Å². The van der Waals surface area contributed by atoms with Crippen LogP contribution in [0.2, 0.25) is 0 Å². The molecule has 0 saturated carbocycles. The van der Waals surface area contributed by atoms with Crippen LogP contribution in [0.5, 0.6) is 0 Å². The average molecular weight is 144 g/mol. The first-order valence-electron chi connectivity index (χ1n) is 3.43. The van der Waals surface area contributed by atoms with Gasteiger partial charge in [0, 0.05) is 6.61 Å². The van der Waals surface area contributed by atoms with E-state index >= 15 is 0 Å². The van der Waals surface area contributed by atoms with Crippen LogP contribution in [-0.4, -0.2) is 23.8 Å². The summed E-state index contributed by atoms with van der Waals surface area (Å²) in [5.41, 5.74) is 5.32. The second-order valence-electron chi connectivity index (χ2n) is 2.38. The number of oxime groups is 1. The third-order valence-electron chi connectivity index (χ3n) is 1.63. The smallest absolute Gasteiger partial charge is 0.168 e. The molecule has 10 heavy (non-hydrogen) atoms. The summed E-state index contributed by atoms with van der Waals surface area (Å²) in [4.78, 5) is 0. The van der Waals surface area contributed by atoms with Gasteiger partial charge in [0.25, 0.3) is 0 Å². The lowest BCUT2D eigenvalue weighted by Gasteiger charge is -2.20. The molecule has 0 aromatic carbocycles. The normalized spacial score (nSPS) is 28.4. The van der Waals surface area contributed by atoms with Crippen molar-refractivity contribution < 1.29 is 9.94 Å². The molecular weight excluding hydrogens is 132 g/mol. The van der Waals surface area contributed by atoms with Gasteiger partial charge in [-0.25, -0.2) is 0 Å². The maximum atomic E-state index is 8.27. The van der Waals surface area contributed by atoms with Crippen molar-refractivity contribution in [2.75, 3.05) is 6.61 Å². The second-order valence-corrected chi connectivity index (χ2v) is 2.38. The monoisotopic (exact) mass is 144 g/mol. The summed E-state index contributed by atoms with van der Waals surface area (Å²) in [6, 6.07) is 0. The summed E-state index contributed by atoms with van der Waals surface area (Å²) < 4.78 is 5.21. The Bertz CT molecular complexity index is 130. The van der Waals surface area contributed by atoms with Crippen molar-refractivity contribution in [1.29, 1.82) is 0 Å². The van der Waals surface area contributed by atoms with E-state index < -0.39 is 0 Å². The van der Waals surface area contributed by atoms with Crippen LogP contribution in [0, 0.1) is 0 Å². The lowest BCUT2D eigenvalue weighted by molar-refractivity contribution is 0.0558. The molecule has 1 heterocycles. The van der Waals surface area contributed by atoms with Crippen molar-refractivity contribution in [3.63, 3.8) is 0 Å². The highest BCUT2D eigenvalue weighted by Crippen LogP contribution is 2.11. The third kappa shape index (κ3) is 1.60. The van der Waals surface area contributed by atoms with Crippen LogP contribution in [0.3, 0.4) is 0 Å². The second kappa shape index (κ2) is 3.41. The first kappa shape index (κ1) is 7.34. The van der Waals surface area contributed by atoms with Gasteiger partial charge in [-0.2, -0.15) is 0 Å². The Hall–Kier alpha value is -0.770. The molecule has 0 amide bonds. The molecular formula is C6H12N2O2. The Balaban J connectivity index is 2.39. The topological polar surface area (TPSA) is 67.8 Å².